The van der Waals surface area contributed by atoms with Crippen molar-refractivity contribution in [2.45, 2.75) is 63.7 Å². The predicted molar refractivity (Wildman–Crippen MR) is 153 cm³/mol. The Morgan fingerprint density at radius 2 is 1.41 bits per heavy atom. The molecule has 0 spiro atoms. The third-order valence-corrected chi connectivity index (χ3v) is 5.91. The van der Waals surface area contributed by atoms with Gasteiger partial charge in [0.05, 0.1) is 0 Å². The summed E-state index contributed by atoms with van der Waals surface area (Å²) < 4.78 is 31.7. The molecule has 0 saturated carbocycles. The number of carbonyl (C=O) groups excluding carboxylic acids is 3. The van der Waals surface area contributed by atoms with Crippen LogP contribution in [0, 0.1) is 16.7 Å². The van der Waals surface area contributed by atoms with Crippen molar-refractivity contribution in [2.75, 3.05) is 13.6 Å². The molecule has 1 unspecified atom stereocenters. The number of unbranched alkanes of at least 4 members (excludes halogenated alkanes) is 1. The molecule has 0 saturated heterocycles. The van der Waals surface area contributed by atoms with Crippen LogP contribution in [0.2, 0.25) is 0 Å². The van der Waals surface area contributed by atoms with Gasteiger partial charge in [-0.2, -0.15) is 13.2 Å². The van der Waals surface area contributed by atoms with Crippen molar-refractivity contribution in [1.29, 1.82) is 10.8 Å². The first-order valence-corrected chi connectivity index (χ1v) is 13.3. The molecule has 18 heteroatoms. The van der Waals surface area contributed by atoms with E-state index in [0.29, 0.717) is 24.0 Å². The summed E-state index contributed by atoms with van der Waals surface area (Å²) in [6.07, 6.45) is -3.01. The molecule has 0 aromatic heterocycles. The van der Waals surface area contributed by atoms with Gasteiger partial charge in [-0.05, 0) is 31.2 Å². The highest BCUT2D eigenvalue weighted by molar-refractivity contribution is 6.02. The number of nitrogens with two attached hydrogens (primary N) is 2. The number of alkyl halides is 3. The van der Waals surface area contributed by atoms with E-state index in [9.17, 15) is 37.5 Å². The van der Waals surface area contributed by atoms with Crippen LogP contribution in [0.25, 0.3) is 0 Å². The predicted octanol–water partition coefficient (Wildman–Crippen LogP) is 0.0163. The number of halogens is 3. The molecule has 1 aromatic rings. The molecule has 15 nitrogen and oxygen atoms in total. The SMILES string of the molecule is CCCC[C@H](NC(=O)[C@H](Cc1ccc(C(=N)N)cc1)C(=O)NC)C(=O)NC(CCCNC(=N)N)C(=O)O.O=C(O)C(F)(F)F. The Balaban J connectivity index is 0.00000234. The zero-order valence-corrected chi connectivity index (χ0v) is 24.2. The molecule has 1 aromatic carbocycles. The van der Waals surface area contributed by atoms with E-state index in [1.165, 1.54) is 7.05 Å². The van der Waals surface area contributed by atoms with Crippen LogP contribution in [0.5, 0.6) is 0 Å². The van der Waals surface area contributed by atoms with Crippen molar-refractivity contribution in [3.05, 3.63) is 35.4 Å². The molecule has 246 valence electrons. The highest BCUT2D eigenvalue weighted by Gasteiger charge is 2.38. The molecule has 12 N–H and O–H groups in total. The molecular formula is C26H39F3N8O7. The van der Waals surface area contributed by atoms with Crippen LogP contribution in [0.4, 0.5) is 13.2 Å². The van der Waals surface area contributed by atoms with Crippen molar-refractivity contribution in [1.82, 2.24) is 21.3 Å². The number of hydrogen-bond donors (Lipinski definition) is 10. The number of amidine groups is 1. The van der Waals surface area contributed by atoms with Crippen LogP contribution in [0.15, 0.2) is 24.3 Å². The van der Waals surface area contributed by atoms with Gasteiger partial charge in [-0.25, -0.2) is 9.59 Å². The minimum Gasteiger partial charge on any atom is -0.480 e. The van der Waals surface area contributed by atoms with Gasteiger partial charge in [0, 0.05) is 19.2 Å². The maximum Gasteiger partial charge on any atom is 0.490 e. The maximum absolute atomic E-state index is 13.1. The van der Waals surface area contributed by atoms with E-state index < -0.39 is 53.8 Å². The van der Waals surface area contributed by atoms with Crippen LogP contribution in [0.1, 0.15) is 50.2 Å². The average Bonchev–Trinajstić information content (AvgIpc) is 2.94. The van der Waals surface area contributed by atoms with Gasteiger partial charge in [-0.1, -0.05) is 44.0 Å². The van der Waals surface area contributed by atoms with Gasteiger partial charge >= 0.3 is 18.1 Å². The molecule has 0 aliphatic heterocycles. The van der Waals surface area contributed by atoms with Crippen molar-refractivity contribution >= 4 is 41.5 Å². The maximum atomic E-state index is 13.1. The highest BCUT2D eigenvalue weighted by Crippen LogP contribution is 2.14. The van der Waals surface area contributed by atoms with Gasteiger partial charge in [0.2, 0.25) is 17.7 Å². The van der Waals surface area contributed by atoms with Gasteiger partial charge in [0.15, 0.2) is 5.96 Å². The summed E-state index contributed by atoms with van der Waals surface area (Å²) >= 11 is 0. The van der Waals surface area contributed by atoms with Crippen LogP contribution < -0.4 is 32.7 Å². The van der Waals surface area contributed by atoms with Crippen LogP contribution in [0.3, 0.4) is 0 Å². The number of benzene rings is 1. The van der Waals surface area contributed by atoms with E-state index in [1.54, 1.807) is 24.3 Å². The normalized spacial score (nSPS) is 12.7. The first-order chi connectivity index (χ1) is 20.4. The number of carboxylic acids is 2. The third-order valence-electron chi connectivity index (χ3n) is 5.91. The minimum absolute atomic E-state index is 0.0483. The molecule has 0 fully saturated rings. The lowest BCUT2D eigenvalue weighted by Gasteiger charge is -2.24. The molecule has 0 aliphatic rings. The molecule has 1 rings (SSSR count). The zero-order valence-electron chi connectivity index (χ0n) is 24.2. The summed E-state index contributed by atoms with van der Waals surface area (Å²) in [6.45, 7) is 2.18. The number of hydrogen-bond acceptors (Lipinski definition) is 7. The molecule has 0 aliphatic carbocycles. The van der Waals surface area contributed by atoms with Crippen molar-refractivity contribution in [2.24, 2.45) is 17.4 Å². The van der Waals surface area contributed by atoms with Gasteiger partial charge in [0.1, 0.15) is 23.8 Å². The van der Waals surface area contributed by atoms with Crippen LogP contribution in [-0.2, 0) is 30.4 Å². The number of aliphatic carboxylic acids is 2. The Morgan fingerprint density at radius 1 is 0.886 bits per heavy atom. The lowest BCUT2D eigenvalue weighted by Crippen LogP contribution is -2.54. The summed E-state index contributed by atoms with van der Waals surface area (Å²) in [5, 5.41) is 41.4. The zero-order chi connectivity index (χ0) is 34.0. The molecule has 3 amide bonds. The summed E-state index contributed by atoms with van der Waals surface area (Å²) in [6, 6.07) is 4.34. The quantitative estimate of drug-likeness (QED) is 0.0505. The fraction of sp³-hybridized carbons (Fsp3) is 0.500. The summed E-state index contributed by atoms with van der Waals surface area (Å²) in [7, 11) is 1.40. The summed E-state index contributed by atoms with van der Waals surface area (Å²) in [5.41, 5.74) is 11.8. The van der Waals surface area contributed by atoms with Crippen molar-refractivity contribution in [3.8, 4) is 0 Å². The first kappa shape index (κ1) is 39.1. The highest BCUT2D eigenvalue weighted by atomic mass is 19.4. The Hall–Kier alpha value is -4.90. The van der Waals surface area contributed by atoms with E-state index in [4.69, 9.17) is 32.2 Å². The Labute approximate surface area is 251 Å². The van der Waals surface area contributed by atoms with Crippen molar-refractivity contribution < 1.29 is 47.4 Å². The van der Waals surface area contributed by atoms with Crippen molar-refractivity contribution in [3.63, 3.8) is 0 Å². The fourth-order valence-corrected chi connectivity index (χ4v) is 3.54. The van der Waals surface area contributed by atoms with E-state index >= 15 is 0 Å². The van der Waals surface area contributed by atoms with E-state index in [2.05, 4.69) is 21.3 Å². The third kappa shape index (κ3) is 15.4. The Morgan fingerprint density at radius 3 is 1.84 bits per heavy atom. The Kier molecular flexibility index (Phi) is 17.2. The smallest absolute Gasteiger partial charge is 0.480 e. The minimum atomic E-state index is -5.08. The van der Waals surface area contributed by atoms with Gasteiger partial charge < -0.3 is 42.9 Å². The number of nitrogen functional groups attached to an aromatic ring is 1. The van der Waals surface area contributed by atoms with Gasteiger partial charge in [0.25, 0.3) is 0 Å². The lowest BCUT2D eigenvalue weighted by atomic mass is 9.95. The number of carboxylic acid groups (broad SMARTS) is 2. The fourth-order valence-electron chi connectivity index (χ4n) is 3.54. The Bertz CT molecular complexity index is 1160. The van der Waals surface area contributed by atoms with Crippen LogP contribution in [-0.4, -0.2) is 83.5 Å². The second-order valence-corrected chi connectivity index (χ2v) is 9.37. The number of guanidine groups is 1. The molecule has 0 radical (unpaired) electrons. The first-order valence-electron chi connectivity index (χ1n) is 13.3. The molecular weight excluding hydrogens is 593 g/mol. The second kappa shape index (κ2) is 19.3. The summed E-state index contributed by atoms with van der Waals surface area (Å²) in [4.78, 5) is 59.2. The standard InChI is InChI=1S/C24H38N8O5.C2HF3O2/c1-3-4-6-17(22(35)32-18(23(36)37)7-5-12-30-24(27)28)31-21(34)16(20(33)29-2)13-14-8-10-15(11-9-14)19(25)26;3-2(4,5)1(6)7/h8-11,16-18H,3-7,12-13H2,1-2H3,(H3,25,26)(H,29,33)(H,31,34)(H,32,35)(H,36,37)(H4,27,28,30);(H,6,7)/t16-,17+,18?;/m1./s1. The van der Waals surface area contributed by atoms with Gasteiger partial charge in [-0.15, -0.1) is 0 Å². The monoisotopic (exact) mass is 632 g/mol. The van der Waals surface area contributed by atoms with Gasteiger partial charge in [-0.3, -0.25) is 25.2 Å². The molecule has 44 heavy (non-hydrogen) atoms. The second-order valence-electron chi connectivity index (χ2n) is 9.37. The number of rotatable bonds is 16. The topological polar surface area (TPSA) is 274 Å². The molecule has 0 heterocycles. The lowest BCUT2D eigenvalue weighted by molar-refractivity contribution is -0.192. The number of nitrogens with one attached hydrogen (secondary N) is 6. The van der Waals surface area contributed by atoms with Crippen LogP contribution >= 0.6 is 0 Å². The average molecular weight is 633 g/mol. The molecule has 3 atom stereocenters. The van der Waals surface area contributed by atoms with E-state index in [0.717, 1.165) is 6.42 Å². The number of carbonyl (C=O) groups is 5. The molecule has 0 bridgehead atoms. The van der Waals surface area contributed by atoms with E-state index in [-0.39, 0.29) is 37.6 Å². The number of amides is 3. The summed E-state index contributed by atoms with van der Waals surface area (Å²) in [5.74, 6) is -7.33. The largest absolute Gasteiger partial charge is 0.490 e. The van der Waals surface area contributed by atoms with E-state index in [1.807, 2.05) is 6.92 Å².